The average molecular weight is 658 g/mol. The lowest BCUT2D eigenvalue weighted by Crippen LogP contribution is -2.54. The summed E-state index contributed by atoms with van der Waals surface area (Å²) in [6.07, 6.45) is 4.15. The van der Waals surface area contributed by atoms with Gasteiger partial charge in [-0.2, -0.15) is 0 Å². The second-order valence-corrected chi connectivity index (χ2v) is 14.3. The Morgan fingerprint density at radius 3 is 2.15 bits per heavy atom. The Balaban J connectivity index is 1.57. The molecular weight excluding hydrogens is 618 g/mol. The van der Waals surface area contributed by atoms with Gasteiger partial charge >= 0.3 is 0 Å². The third-order valence-electron chi connectivity index (χ3n) is 8.42. The van der Waals surface area contributed by atoms with E-state index in [9.17, 15) is 18.0 Å². The van der Waals surface area contributed by atoms with Crippen LogP contribution in [0.15, 0.2) is 108 Å². The molecule has 2 amide bonds. The van der Waals surface area contributed by atoms with Crippen molar-refractivity contribution in [2.75, 3.05) is 10.8 Å². The summed E-state index contributed by atoms with van der Waals surface area (Å²) in [6, 6.07) is 29.6. The van der Waals surface area contributed by atoms with Crippen molar-refractivity contribution in [2.24, 2.45) is 0 Å². The molecule has 1 aliphatic rings. The van der Waals surface area contributed by atoms with Gasteiger partial charge in [-0.05, 0) is 62.1 Å². The normalized spacial score (nSPS) is 14.1. The van der Waals surface area contributed by atoms with Crippen LogP contribution in [0.3, 0.4) is 0 Å². The molecule has 0 bridgehead atoms. The van der Waals surface area contributed by atoms with Crippen molar-refractivity contribution in [2.45, 2.75) is 69.5 Å². The summed E-state index contributed by atoms with van der Waals surface area (Å²) >= 11 is 6.57. The van der Waals surface area contributed by atoms with Crippen molar-refractivity contribution in [1.29, 1.82) is 0 Å². The van der Waals surface area contributed by atoms with Crippen LogP contribution in [0.2, 0.25) is 5.02 Å². The fourth-order valence-electron chi connectivity index (χ4n) is 5.93. The molecule has 4 aromatic carbocycles. The first-order chi connectivity index (χ1) is 22.1. The average Bonchev–Trinajstić information content (AvgIpc) is 3.55. The van der Waals surface area contributed by atoms with Gasteiger partial charge < -0.3 is 10.2 Å². The number of rotatable bonds is 12. The van der Waals surface area contributed by atoms with E-state index in [2.05, 4.69) is 5.32 Å². The highest BCUT2D eigenvalue weighted by Gasteiger charge is 2.36. The minimum atomic E-state index is -4.22. The second kappa shape index (κ2) is 15.0. The predicted octanol–water partition coefficient (Wildman–Crippen LogP) is 6.85. The molecule has 5 rings (SSSR count). The quantitative estimate of drug-likeness (QED) is 0.181. The molecule has 46 heavy (non-hydrogen) atoms. The summed E-state index contributed by atoms with van der Waals surface area (Å²) in [5.41, 5.74) is 3.83. The van der Waals surface area contributed by atoms with Crippen molar-refractivity contribution >= 4 is 39.1 Å². The highest BCUT2D eigenvalue weighted by atomic mass is 35.5. The third kappa shape index (κ3) is 8.17. The largest absolute Gasteiger partial charge is 0.352 e. The van der Waals surface area contributed by atoms with Crippen molar-refractivity contribution < 1.29 is 18.0 Å². The molecule has 240 valence electrons. The van der Waals surface area contributed by atoms with Crippen LogP contribution in [-0.4, -0.2) is 43.8 Å². The number of hydrogen-bond acceptors (Lipinski definition) is 4. The molecule has 7 nitrogen and oxygen atoms in total. The van der Waals surface area contributed by atoms with Crippen LogP contribution in [0, 0.1) is 13.8 Å². The number of anilines is 1. The van der Waals surface area contributed by atoms with Crippen LogP contribution in [0.1, 0.15) is 47.9 Å². The van der Waals surface area contributed by atoms with E-state index in [0.717, 1.165) is 52.2 Å². The fourth-order valence-corrected chi connectivity index (χ4v) is 7.65. The fraction of sp³-hybridized carbons (Fsp3) is 0.297. The van der Waals surface area contributed by atoms with E-state index in [1.54, 1.807) is 36.4 Å². The van der Waals surface area contributed by atoms with E-state index in [4.69, 9.17) is 11.6 Å². The first kappa shape index (κ1) is 33.2. The van der Waals surface area contributed by atoms with E-state index in [0.29, 0.717) is 0 Å². The minimum Gasteiger partial charge on any atom is -0.352 e. The molecule has 0 saturated heterocycles. The molecule has 4 aromatic rings. The number of aryl methyl sites for hydroxylation is 2. The summed E-state index contributed by atoms with van der Waals surface area (Å²) in [6.45, 7) is 3.42. The van der Waals surface area contributed by atoms with Gasteiger partial charge in [0.1, 0.15) is 12.6 Å². The van der Waals surface area contributed by atoms with Gasteiger partial charge in [0.15, 0.2) is 0 Å². The number of sulfonamides is 1. The number of nitrogens with one attached hydrogen (secondary N) is 1. The number of hydrogen-bond donors (Lipinski definition) is 1. The molecule has 1 unspecified atom stereocenters. The maximum atomic E-state index is 14.6. The smallest absolute Gasteiger partial charge is 0.264 e. The van der Waals surface area contributed by atoms with Crippen LogP contribution in [0.5, 0.6) is 0 Å². The number of carbonyl (C=O) groups is 2. The van der Waals surface area contributed by atoms with Gasteiger partial charge in [0.05, 0.1) is 15.6 Å². The Bertz CT molecular complexity index is 1760. The number of carbonyl (C=O) groups excluding carboxylic acids is 2. The number of nitrogens with zero attached hydrogens (tertiary/aromatic N) is 2. The first-order valence-electron chi connectivity index (χ1n) is 15.6. The van der Waals surface area contributed by atoms with Crippen LogP contribution >= 0.6 is 11.6 Å². The van der Waals surface area contributed by atoms with E-state index in [1.165, 1.54) is 17.0 Å². The minimum absolute atomic E-state index is 0.0378. The first-order valence-corrected chi connectivity index (χ1v) is 17.5. The number of benzene rings is 4. The summed E-state index contributed by atoms with van der Waals surface area (Å²) in [7, 11) is -4.22. The van der Waals surface area contributed by atoms with Gasteiger partial charge in [-0.1, -0.05) is 114 Å². The molecule has 0 aromatic heterocycles. The summed E-state index contributed by atoms with van der Waals surface area (Å²) < 4.78 is 29.5. The predicted molar refractivity (Wildman–Crippen MR) is 183 cm³/mol. The zero-order valence-corrected chi connectivity index (χ0v) is 27.8. The highest BCUT2D eigenvalue weighted by Crippen LogP contribution is 2.31. The lowest BCUT2D eigenvalue weighted by atomic mass is 10.0. The van der Waals surface area contributed by atoms with Gasteiger partial charge in [-0.3, -0.25) is 13.9 Å². The summed E-state index contributed by atoms with van der Waals surface area (Å²) in [5, 5.41) is 3.39. The van der Waals surface area contributed by atoms with E-state index >= 15 is 0 Å². The molecule has 0 aliphatic heterocycles. The van der Waals surface area contributed by atoms with Gasteiger partial charge in [0, 0.05) is 19.0 Å². The van der Waals surface area contributed by atoms with Crippen LogP contribution in [0.25, 0.3) is 0 Å². The Morgan fingerprint density at radius 2 is 1.48 bits per heavy atom. The third-order valence-corrected chi connectivity index (χ3v) is 10.5. The molecule has 1 aliphatic carbocycles. The van der Waals surface area contributed by atoms with E-state index in [-0.39, 0.29) is 40.5 Å². The number of halogens is 1. The number of amides is 2. The molecule has 1 N–H and O–H groups in total. The standard InChI is InChI=1S/C37H40ClN3O4S/c1-27-19-21-32(22-20-27)46(44,45)41(34-18-9-8-17-33(34)38)26-36(42)40(25-30-14-10-11-28(2)23-30)35(24-29-12-4-3-5-13-29)37(43)39-31-15-6-7-16-31/h3-5,8-14,17-23,31,35H,6-7,15-16,24-26H2,1-2H3,(H,39,43). The Hall–Kier alpha value is -4.14. The lowest BCUT2D eigenvalue weighted by molar-refractivity contribution is -0.140. The molecule has 0 radical (unpaired) electrons. The van der Waals surface area contributed by atoms with Crippen LogP contribution < -0.4 is 9.62 Å². The summed E-state index contributed by atoms with van der Waals surface area (Å²) in [5.74, 6) is -0.762. The van der Waals surface area contributed by atoms with Crippen molar-refractivity contribution in [3.8, 4) is 0 Å². The zero-order valence-electron chi connectivity index (χ0n) is 26.2. The maximum Gasteiger partial charge on any atom is 0.264 e. The van der Waals surface area contributed by atoms with Crippen molar-refractivity contribution in [1.82, 2.24) is 10.2 Å². The van der Waals surface area contributed by atoms with Gasteiger partial charge in [0.25, 0.3) is 10.0 Å². The molecular formula is C37H40ClN3O4S. The van der Waals surface area contributed by atoms with E-state index < -0.39 is 28.5 Å². The van der Waals surface area contributed by atoms with Crippen molar-refractivity contribution in [3.63, 3.8) is 0 Å². The van der Waals surface area contributed by atoms with E-state index in [1.807, 2.05) is 68.4 Å². The molecule has 0 heterocycles. The monoisotopic (exact) mass is 657 g/mol. The Kier molecular flexibility index (Phi) is 10.8. The van der Waals surface area contributed by atoms with Crippen molar-refractivity contribution in [3.05, 3.63) is 130 Å². The van der Waals surface area contributed by atoms with Crippen LogP contribution in [0.4, 0.5) is 5.69 Å². The topological polar surface area (TPSA) is 86.8 Å². The second-order valence-electron chi connectivity index (χ2n) is 12.0. The highest BCUT2D eigenvalue weighted by molar-refractivity contribution is 7.92. The number of para-hydroxylation sites is 1. The lowest BCUT2D eigenvalue weighted by Gasteiger charge is -2.34. The van der Waals surface area contributed by atoms with Gasteiger partial charge in [0.2, 0.25) is 11.8 Å². The molecule has 1 atom stereocenters. The zero-order chi connectivity index (χ0) is 32.7. The van der Waals surface area contributed by atoms with Gasteiger partial charge in [-0.15, -0.1) is 0 Å². The SMILES string of the molecule is Cc1ccc(S(=O)(=O)N(CC(=O)N(Cc2cccc(C)c2)C(Cc2ccccc2)C(=O)NC2CCCC2)c2ccccc2Cl)cc1. The molecule has 1 fully saturated rings. The molecule has 0 spiro atoms. The summed E-state index contributed by atoms with van der Waals surface area (Å²) in [4.78, 5) is 30.3. The van der Waals surface area contributed by atoms with Crippen LogP contribution in [-0.2, 0) is 32.6 Å². The Labute approximate surface area is 277 Å². The Morgan fingerprint density at radius 1 is 0.826 bits per heavy atom. The molecule has 9 heteroatoms. The maximum absolute atomic E-state index is 14.6. The molecule has 1 saturated carbocycles. The van der Waals surface area contributed by atoms with Gasteiger partial charge in [-0.25, -0.2) is 8.42 Å².